The topological polar surface area (TPSA) is 68.0 Å². The summed E-state index contributed by atoms with van der Waals surface area (Å²) in [6.07, 6.45) is -6.32. The number of halogens is 6. The molecule has 1 aliphatic rings. The van der Waals surface area contributed by atoms with E-state index < -0.39 is 67.1 Å². The van der Waals surface area contributed by atoms with Crippen molar-refractivity contribution in [1.29, 1.82) is 0 Å². The molecular formula is C17H9F6NO4S. The average molecular weight is 437 g/mol. The standard InChI is InChI=1S/C17H9F6NO4S/c1-24-8-4-7(18)5-9(6-8)28-10-2-3-11(29(26,27)16(20)21)13-12(10)14(19)17(22,23)15(13)25/h2-6,14-16,25H/t14-,15+/m1/s1. The van der Waals surface area contributed by atoms with E-state index >= 15 is 0 Å². The van der Waals surface area contributed by atoms with Crippen LogP contribution in [0.5, 0.6) is 11.5 Å². The first-order chi connectivity index (χ1) is 13.4. The Morgan fingerprint density at radius 2 is 1.83 bits per heavy atom. The van der Waals surface area contributed by atoms with E-state index in [1.807, 2.05) is 0 Å². The molecule has 1 N–H and O–H groups in total. The second-order valence-corrected chi connectivity index (χ2v) is 7.88. The van der Waals surface area contributed by atoms with Gasteiger partial charge >= 0.3 is 11.7 Å². The highest BCUT2D eigenvalue weighted by Gasteiger charge is 2.59. The van der Waals surface area contributed by atoms with Gasteiger partial charge in [0.25, 0.3) is 0 Å². The van der Waals surface area contributed by atoms with Crippen molar-refractivity contribution in [2.75, 3.05) is 0 Å². The Labute approximate surface area is 159 Å². The number of aliphatic hydroxyl groups excluding tert-OH is 1. The lowest BCUT2D eigenvalue weighted by molar-refractivity contribution is -0.143. The summed E-state index contributed by atoms with van der Waals surface area (Å²) in [6, 6.07) is 3.66. The Morgan fingerprint density at radius 1 is 1.17 bits per heavy atom. The van der Waals surface area contributed by atoms with Gasteiger partial charge in [0.1, 0.15) is 23.4 Å². The minimum Gasteiger partial charge on any atom is -0.458 e. The number of hydrogen-bond donors (Lipinski definition) is 1. The van der Waals surface area contributed by atoms with Crippen LogP contribution in [0.4, 0.5) is 32.0 Å². The van der Waals surface area contributed by atoms with Crippen molar-refractivity contribution in [3.05, 3.63) is 58.7 Å². The van der Waals surface area contributed by atoms with Crippen LogP contribution in [-0.4, -0.2) is 25.2 Å². The Morgan fingerprint density at radius 3 is 2.41 bits per heavy atom. The van der Waals surface area contributed by atoms with E-state index in [1.165, 1.54) is 0 Å². The van der Waals surface area contributed by atoms with Gasteiger partial charge in [-0.25, -0.2) is 22.0 Å². The van der Waals surface area contributed by atoms with E-state index in [0.29, 0.717) is 12.1 Å². The highest BCUT2D eigenvalue weighted by Crippen LogP contribution is 2.57. The summed E-state index contributed by atoms with van der Waals surface area (Å²) >= 11 is 0. The summed E-state index contributed by atoms with van der Waals surface area (Å²) in [5.41, 5.74) is -2.66. The first-order valence-corrected chi connectivity index (χ1v) is 9.20. The summed E-state index contributed by atoms with van der Waals surface area (Å²) in [6.45, 7) is 6.86. The maximum Gasteiger partial charge on any atom is 0.341 e. The third-order valence-electron chi connectivity index (χ3n) is 4.19. The monoisotopic (exact) mass is 437 g/mol. The second kappa shape index (κ2) is 6.93. The first-order valence-electron chi connectivity index (χ1n) is 7.66. The van der Waals surface area contributed by atoms with Crippen molar-refractivity contribution < 1.29 is 44.6 Å². The van der Waals surface area contributed by atoms with Crippen LogP contribution >= 0.6 is 0 Å². The molecule has 0 radical (unpaired) electrons. The fourth-order valence-electron chi connectivity index (χ4n) is 2.89. The third-order valence-corrected chi connectivity index (χ3v) is 5.63. The van der Waals surface area contributed by atoms with Gasteiger partial charge in [0.15, 0.2) is 11.9 Å². The summed E-state index contributed by atoms with van der Waals surface area (Å²) in [5, 5.41) is 9.77. The predicted octanol–water partition coefficient (Wildman–Crippen LogP) is 4.86. The van der Waals surface area contributed by atoms with E-state index in [9.17, 15) is 39.9 Å². The van der Waals surface area contributed by atoms with E-state index in [4.69, 9.17) is 11.3 Å². The minimum absolute atomic E-state index is 0.240. The molecule has 2 aromatic rings. The number of nitrogens with zero attached hydrogens (tertiary/aromatic N) is 1. The lowest BCUT2D eigenvalue weighted by Gasteiger charge is -2.16. The molecule has 0 heterocycles. The van der Waals surface area contributed by atoms with Gasteiger partial charge in [0.2, 0.25) is 9.84 Å². The molecule has 0 spiro atoms. The number of alkyl halides is 5. The lowest BCUT2D eigenvalue weighted by atomic mass is 10.1. The maximum absolute atomic E-state index is 14.4. The maximum atomic E-state index is 14.4. The zero-order chi connectivity index (χ0) is 21.7. The Kier molecular flexibility index (Phi) is 5.00. The highest BCUT2D eigenvalue weighted by atomic mass is 32.2. The van der Waals surface area contributed by atoms with E-state index in [2.05, 4.69) is 4.85 Å². The Balaban J connectivity index is 2.23. The van der Waals surface area contributed by atoms with Gasteiger partial charge in [-0.05, 0) is 24.3 Å². The largest absolute Gasteiger partial charge is 0.458 e. The van der Waals surface area contributed by atoms with E-state index in [-0.39, 0.29) is 5.69 Å². The number of hydrogen-bond acceptors (Lipinski definition) is 4. The van der Waals surface area contributed by atoms with Crippen molar-refractivity contribution in [3.8, 4) is 11.5 Å². The Bertz CT molecular complexity index is 1130. The Hall–Kier alpha value is -2.78. The van der Waals surface area contributed by atoms with Crippen LogP contribution in [-0.2, 0) is 9.84 Å². The van der Waals surface area contributed by atoms with Crippen LogP contribution in [0.1, 0.15) is 23.4 Å². The third kappa shape index (κ3) is 3.30. The van der Waals surface area contributed by atoms with Gasteiger partial charge < -0.3 is 9.84 Å². The normalized spacial score (nSPS) is 20.4. The van der Waals surface area contributed by atoms with Gasteiger partial charge in [0, 0.05) is 17.2 Å². The molecule has 0 aromatic heterocycles. The predicted molar refractivity (Wildman–Crippen MR) is 86.1 cm³/mol. The molecule has 1 aliphatic carbocycles. The zero-order valence-electron chi connectivity index (χ0n) is 13.9. The quantitative estimate of drug-likeness (QED) is 0.548. The number of aliphatic hydroxyl groups is 1. The van der Waals surface area contributed by atoms with Crippen LogP contribution in [0.25, 0.3) is 4.85 Å². The van der Waals surface area contributed by atoms with Gasteiger partial charge in [0.05, 0.1) is 11.5 Å². The van der Waals surface area contributed by atoms with Crippen molar-refractivity contribution in [3.63, 3.8) is 0 Å². The van der Waals surface area contributed by atoms with Crippen molar-refractivity contribution in [1.82, 2.24) is 0 Å². The first kappa shape index (κ1) is 20.9. The molecule has 0 amide bonds. The zero-order valence-corrected chi connectivity index (χ0v) is 14.7. The SMILES string of the molecule is [C-]#[N+]c1cc(F)cc(Oc2ccc(S(=O)(=O)C(F)F)c3c2[C@@H](F)C(F)(F)[C@H]3O)c1. The minimum atomic E-state index is -5.46. The summed E-state index contributed by atoms with van der Waals surface area (Å²) in [5.74, 6) is -10.7. The van der Waals surface area contributed by atoms with Gasteiger partial charge in [-0.2, -0.15) is 17.6 Å². The molecular weight excluding hydrogens is 428 g/mol. The average Bonchev–Trinajstić information content (AvgIpc) is 2.82. The van der Waals surface area contributed by atoms with E-state index in [1.54, 1.807) is 0 Å². The van der Waals surface area contributed by atoms with Crippen LogP contribution < -0.4 is 4.74 Å². The van der Waals surface area contributed by atoms with Gasteiger partial charge in [-0.1, -0.05) is 0 Å². The molecule has 154 valence electrons. The number of benzene rings is 2. The van der Waals surface area contributed by atoms with Crippen molar-refractivity contribution in [2.45, 2.75) is 28.9 Å². The van der Waals surface area contributed by atoms with Crippen LogP contribution in [0.3, 0.4) is 0 Å². The molecule has 0 bridgehead atoms. The molecule has 0 unspecified atom stereocenters. The second-order valence-electron chi connectivity index (χ2n) is 5.99. The van der Waals surface area contributed by atoms with Crippen molar-refractivity contribution >= 4 is 15.5 Å². The fraction of sp³-hybridized carbons (Fsp3) is 0.235. The molecule has 12 heteroatoms. The number of ether oxygens (including phenoxy) is 1. The smallest absolute Gasteiger partial charge is 0.341 e. The summed E-state index contributed by atoms with van der Waals surface area (Å²) in [4.78, 5) is 1.58. The van der Waals surface area contributed by atoms with Crippen molar-refractivity contribution in [2.24, 2.45) is 0 Å². The lowest BCUT2D eigenvalue weighted by Crippen LogP contribution is -2.25. The number of rotatable bonds is 4. The molecule has 3 rings (SSSR count). The van der Waals surface area contributed by atoms with E-state index in [0.717, 1.165) is 18.2 Å². The molecule has 0 saturated heterocycles. The summed E-state index contributed by atoms with van der Waals surface area (Å²) in [7, 11) is -5.46. The molecule has 2 atom stereocenters. The summed E-state index contributed by atoms with van der Waals surface area (Å²) < 4.78 is 111. The molecule has 29 heavy (non-hydrogen) atoms. The molecule has 2 aromatic carbocycles. The van der Waals surface area contributed by atoms with Crippen LogP contribution in [0, 0.1) is 12.4 Å². The highest BCUT2D eigenvalue weighted by molar-refractivity contribution is 7.91. The fourth-order valence-corrected chi connectivity index (χ4v) is 3.87. The van der Waals surface area contributed by atoms with Crippen LogP contribution in [0.15, 0.2) is 35.2 Å². The molecule has 5 nitrogen and oxygen atoms in total. The molecule has 0 aliphatic heterocycles. The van der Waals surface area contributed by atoms with Gasteiger partial charge in [-0.15, -0.1) is 0 Å². The molecule has 0 saturated carbocycles. The number of sulfone groups is 1. The molecule has 0 fully saturated rings. The van der Waals surface area contributed by atoms with Gasteiger partial charge in [-0.3, -0.25) is 0 Å². The van der Waals surface area contributed by atoms with Crippen LogP contribution in [0.2, 0.25) is 0 Å². The number of fused-ring (bicyclic) bond motifs is 1.